The summed E-state index contributed by atoms with van der Waals surface area (Å²) < 4.78 is 13.6. The summed E-state index contributed by atoms with van der Waals surface area (Å²) in [7, 11) is 0. The van der Waals surface area contributed by atoms with Crippen LogP contribution in [0.4, 0.5) is 4.39 Å². The summed E-state index contributed by atoms with van der Waals surface area (Å²) in [5.41, 5.74) is 0. The molecule has 0 aliphatic rings. The van der Waals surface area contributed by atoms with E-state index in [2.05, 4.69) is 31.3 Å². The SMILES string of the molecule is CCNC(CSc1ccccc1F)c1ccc(C)s1. The van der Waals surface area contributed by atoms with Gasteiger partial charge >= 0.3 is 0 Å². The van der Waals surface area contributed by atoms with Crippen molar-refractivity contribution < 1.29 is 4.39 Å². The Labute approximate surface area is 122 Å². The number of nitrogens with one attached hydrogen (secondary N) is 1. The van der Waals surface area contributed by atoms with Gasteiger partial charge in [-0.1, -0.05) is 19.1 Å². The minimum Gasteiger partial charge on any atom is -0.309 e. The zero-order chi connectivity index (χ0) is 13.7. The van der Waals surface area contributed by atoms with Crippen LogP contribution in [-0.2, 0) is 0 Å². The molecule has 0 aliphatic carbocycles. The highest BCUT2D eigenvalue weighted by Crippen LogP contribution is 2.29. The van der Waals surface area contributed by atoms with E-state index in [1.54, 1.807) is 29.2 Å². The summed E-state index contributed by atoms with van der Waals surface area (Å²) in [6.45, 7) is 5.13. The van der Waals surface area contributed by atoms with Crippen molar-refractivity contribution in [2.24, 2.45) is 0 Å². The second-order valence-corrected chi connectivity index (χ2v) is 6.68. The summed E-state index contributed by atoms with van der Waals surface area (Å²) in [6, 6.07) is 11.5. The van der Waals surface area contributed by atoms with E-state index in [0.29, 0.717) is 0 Å². The molecule has 1 heterocycles. The molecule has 0 amide bonds. The van der Waals surface area contributed by atoms with Crippen molar-refractivity contribution in [3.8, 4) is 0 Å². The molecular formula is C15H18FNS2. The van der Waals surface area contributed by atoms with Crippen molar-refractivity contribution in [3.63, 3.8) is 0 Å². The lowest BCUT2D eigenvalue weighted by molar-refractivity contribution is 0.598. The van der Waals surface area contributed by atoms with Crippen LogP contribution < -0.4 is 5.32 Å². The highest BCUT2D eigenvalue weighted by Gasteiger charge is 2.13. The molecule has 0 saturated heterocycles. The van der Waals surface area contributed by atoms with Gasteiger partial charge in [-0.25, -0.2) is 4.39 Å². The maximum Gasteiger partial charge on any atom is 0.136 e. The molecule has 1 unspecified atom stereocenters. The van der Waals surface area contributed by atoms with Crippen LogP contribution in [0.2, 0.25) is 0 Å². The molecule has 1 nitrogen and oxygen atoms in total. The third-order valence-corrected chi connectivity index (χ3v) is 5.05. The van der Waals surface area contributed by atoms with E-state index in [-0.39, 0.29) is 11.9 Å². The van der Waals surface area contributed by atoms with Gasteiger partial charge in [-0.15, -0.1) is 23.1 Å². The Morgan fingerprint density at radius 2 is 2.05 bits per heavy atom. The van der Waals surface area contributed by atoms with Crippen molar-refractivity contribution >= 4 is 23.1 Å². The summed E-state index contributed by atoms with van der Waals surface area (Å²) in [4.78, 5) is 3.36. The summed E-state index contributed by atoms with van der Waals surface area (Å²) >= 11 is 3.37. The second kappa shape index (κ2) is 7.08. The molecule has 1 N–H and O–H groups in total. The predicted molar refractivity (Wildman–Crippen MR) is 82.6 cm³/mol. The zero-order valence-electron chi connectivity index (χ0n) is 11.2. The second-order valence-electron chi connectivity index (χ2n) is 4.30. The summed E-state index contributed by atoms with van der Waals surface area (Å²) in [6.07, 6.45) is 0. The van der Waals surface area contributed by atoms with Crippen LogP contribution in [0.3, 0.4) is 0 Å². The van der Waals surface area contributed by atoms with E-state index in [0.717, 1.165) is 17.2 Å². The van der Waals surface area contributed by atoms with E-state index in [9.17, 15) is 4.39 Å². The lowest BCUT2D eigenvalue weighted by atomic mass is 10.2. The van der Waals surface area contributed by atoms with Crippen molar-refractivity contribution in [1.29, 1.82) is 0 Å². The van der Waals surface area contributed by atoms with E-state index in [4.69, 9.17) is 0 Å². The van der Waals surface area contributed by atoms with Crippen LogP contribution in [0.15, 0.2) is 41.3 Å². The van der Waals surface area contributed by atoms with Crippen LogP contribution >= 0.6 is 23.1 Å². The van der Waals surface area contributed by atoms with Gasteiger partial charge in [0.2, 0.25) is 0 Å². The minimum atomic E-state index is -0.134. The Hall–Kier alpha value is -0.840. The Morgan fingerprint density at radius 3 is 2.68 bits per heavy atom. The number of thioether (sulfide) groups is 1. The van der Waals surface area contributed by atoms with Gasteiger partial charge < -0.3 is 5.32 Å². The van der Waals surface area contributed by atoms with Gasteiger partial charge in [-0.05, 0) is 37.7 Å². The summed E-state index contributed by atoms with van der Waals surface area (Å²) in [5, 5.41) is 3.47. The van der Waals surface area contributed by atoms with Gasteiger partial charge in [0, 0.05) is 20.4 Å². The fraction of sp³-hybridized carbons (Fsp3) is 0.333. The summed E-state index contributed by atoms with van der Waals surface area (Å²) in [5.74, 6) is 0.708. The Kier molecular flexibility index (Phi) is 5.43. The number of halogens is 1. The van der Waals surface area contributed by atoms with Gasteiger partial charge in [0.15, 0.2) is 0 Å². The molecule has 1 aromatic heterocycles. The maximum atomic E-state index is 13.6. The molecule has 19 heavy (non-hydrogen) atoms. The minimum absolute atomic E-state index is 0.134. The van der Waals surface area contributed by atoms with Crippen LogP contribution in [0.25, 0.3) is 0 Å². The molecule has 0 aliphatic heterocycles. The average Bonchev–Trinajstić information content (AvgIpc) is 2.83. The molecule has 0 bridgehead atoms. The van der Waals surface area contributed by atoms with E-state index >= 15 is 0 Å². The van der Waals surface area contributed by atoms with Gasteiger partial charge in [-0.3, -0.25) is 0 Å². The fourth-order valence-electron chi connectivity index (χ4n) is 1.86. The first-order valence-electron chi connectivity index (χ1n) is 6.37. The standard InChI is InChI=1S/C15H18FNS2/c1-3-17-13(15-9-8-11(2)19-15)10-18-14-7-5-4-6-12(14)16/h4-9,13,17H,3,10H2,1-2H3. The monoisotopic (exact) mass is 295 g/mol. The molecule has 0 radical (unpaired) electrons. The molecule has 0 spiro atoms. The molecule has 1 aromatic carbocycles. The van der Waals surface area contributed by atoms with Crippen LogP contribution in [0.5, 0.6) is 0 Å². The van der Waals surface area contributed by atoms with E-state index in [1.807, 2.05) is 12.1 Å². The Balaban J connectivity index is 2.03. The molecule has 102 valence electrons. The first-order chi connectivity index (χ1) is 9.20. The smallest absolute Gasteiger partial charge is 0.136 e. The lowest BCUT2D eigenvalue weighted by Gasteiger charge is -2.16. The molecular weight excluding hydrogens is 277 g/mol. The number of hydrogen-bond acceptors (Lipinski definition) is 3. The first-order valence-corrected chi connectivity index (χ1v) is 8.18. The molecule has 0 fully saturated rings. The van der Waals surface area contributed by atoms with Crippen molar-refractivity contribution in [2.45, 2.75) is 24.8 Å². The van der Waals surface area contributed by atoms with E-state index < -0.39 is 0 Å². The third kappa shape index (κ3) is 4.06. The fourth-order valence-corrected chi connectivity index (χ4v) is 3.95. The topological polar surface area (TPSA) is 12.0 Å². The maximum absolute atomic E-state index is 13.6. The van der Waals surface area contributed by atoms with Crippen LogP contribution in [0, 0.1) is 12.7 Å². The van der Waals surface area contributed by atoms with Crippen molar-refractivity contribution in [2.75, 3.05) is 12.3 Å². The third-order valence-electron chi connectivity index (χ3n) is 2.80. The Morgan fingerprint density at radius 1 is 1.26 bits per heavy atom. The zero-order valence-corrected chi connectivity index (χ0v) is 12.8. The predicted octanol–water partition coefficient (Wildman–Crippen LogP) is 4.64. The average molecular weight is 295 g/mol. The molecule has 2 rings (SSSR count). The molecule has 1 atom stereocenters. The highest BCUT2D eigenvalue weighted by atomic mass is 32.2. The number of rotatable bonds is 6. The lowest BCUT2D eigenvalue weighted by Crippen LogP contribution is -2.22. The van der Waals surface area contributed by atoms with Gasteiger partial charge in [0.25, 0.3) is 0 Å². The number of hydrogen-bond donors (Lipinski definition) is 1. The normalized spacial score (nSPS) is 12.6. The Bertz CT molecular complexity index is 524. The largest absolute Gasteiger partial charge is 0.309 e. The van der Waals surface area contributed by atoms with Crippen molar-refractivity contribution in [1.82, 2.24) is 5.32 Å². The number of aryl methyl sites for hydroxylation is 1. The van der Waals surface area contributed by atoms with Crippen LogP contribution in [0.1, 0.15) is 22.7 Å². The molecule has 0 saturated carbocycles. The van der Waals surface area contributed by atoms with Gasteiger partial charge in [0.05, 0.1) is 6.04 Å². The van der Waals surface area contributed by atoms with Crippen molar-refractivity contribution in [3.05, 3.63) is 52.0 Å². The number of thiophene rings is 1. The quantitative estimate of drug-likeness (QED) is 0.779. The number of benzene rings is 1. The van der Waals surface area contributed by atoms with Gasteiger partial charge in [-0.2, -0.15) is 0 Å². The first kappa shape index (κ1) is 14.6. The van der Waals surface area contributed by atoms with Gasteiger partial charge in [0.1, 0.15) is 5.82 Å². The highest BCUT2D eigenvalue weighted by molar-refractivity contribution is 7.99. The molecule has 4 heteroatoms. The van der Waals surface area contributed by atoms with E-state index in [1.165, 1.54) is 15.8 Å². The molecule has 2 aromatic rings. The van der Waals surface area contributed by atoms with Crippen LogP contribution in [-0.4, -0.2) is 12.3 Å².